The predicted octanol–water partition coefficient (Wildman–Crippen LogP) is 1.02. The van der Waals surface area contributed by atoms with E-state index in [1.54, 1.807) is 13.8 Å². The fraction of sp³-hybridized carbons (Fsp3) is 0.417. The number of para-hydroxylation sites is 1. The van der Waals surface area contributed by atoms with Crippen molar-refractivity contribution in [1.82, 2.24) is 4.90 Å². The van der Waals surface area contributed by atoms with E-state index in [4.69, 9.17) is 5.73 Å². The number of anilines is 1. The number of aliphatic hydroxyl groups excluding tert-OH is 1. The third kappa shape index (κ3) is 2.82. The van der Waals surface area contributed by atoms with Crippen LogP contribution in [0.5, 0.6) is 0 Å². The molecule has 0 heterocycles. The number of carbonyl (C=O) groups excluding carboxylic acids is 1. The van der Waals surface area contributed by atoms with Crippen molar-refractivity contribution in [2.45, 2.75) is 19.4 Å². The van der Waals surface area contributed by atoms with Crippen LogP contribution in [0.25, 0.3) is 0 Å². The number of nitrogen functional groups attached to an aromatic ring is 1. The first kappa shape index (κ1) is 14.9. The highest BCUT2D eigenvalue weighted by atomic mass is 16.6. The van der Waals surface area contributed by atoms with Gasteiger partial charge in [-0.2, -0.15) is 0 Å². The Morgan fingerprint density at radius 2 is 2.11 bits per heavy atom. The molecule has 1 aromatic carbocycles. The molecule has 1 aromatic rings. The van der Waals surface area contributed by atoms with E-state index in [2.05, 4.69) is 0 Å². The molecule has 19 heavy (non-hydrogen) atoms. The highest BCUT2D eigenvalue weighted by Gasteiger charge is 2.32. The second kappa shape index (κ2) is 5.23. The minimum Gasteiger partial charge on any atom is -0.394 e. The third-order valence-electron chi connectivity index (χ3n) is 3.08. The maximum atomic E-state index is 12.3. The molecular weight excluding hydrogens is 250 g/mol. The zero-order valence-corrected chi connectivity index (χ0v) is 11.1. The summed E-state index contributed by atoms with van der Waals surface area (Å²) in [4.78, 5) is 23.9. The summed E-state index contributed by atoms with van der Waals surface area (Å²) < 4.78 is 0. The van der Waals surface area contributed by atoms with Gasteiger partial charge in [0.2, 0.25) is 0 Å². The summed E-state index contributed by atoms with van der Waals surface area (Å²) in [5.41, 5.74) is 4.15. The Kier molecular flexibility index (Phi) is 4.10. The van der Waals surface area contributed by atoms with Crippen LogP contribution in [0.1, 0.15) is 24.2 Å². The van der Waals surface area contributed by atoms with E-state index in [1.165, 1.54) is 30.1 Å². The zero-order chi connectivity index (χ0) is 14.8. The number of aliphatic hydroxyl groups is 1. The molecule has 0 saturated heterocycles. The number of nitrogens with two attached hydrogens (primary N) is 1. The van der Waals surface area contributed by atoms with Gasteiger partial charge in [0.1, 0.15) is 11.3 Å². The first-order valence-electron chi connectivity index (χ1n) is 5.64. The van der Waals surface area contributed by atoms with Crippen LogP contribution in [-0.2, 0) is 0 Å². The Bertz CT molecular complexity index is 514. The van der Waals surface area contributed by atoms with Crippen molar-refractivity contribution in [2.24, 2.45) is 0 Å². The molecule has 0 spiro atoms. The number of rotatable bonds is 4. The molecule has 0 fully saturated rings. The van der Waals surface area contributed by atoms with E-state index in [-0.39, 0.29) is 17.9 Å². The van der Waals surface area contributed by atoms with Crippen molar-refractivity contribution in [3.8, 4) is 0 Å². The molecule has 0 unspecified atom stereocenters. The summed E-state index contributed by atoms with van der Waals surface area (Å²) in [6.07, 6.45) is 0. The van der Waals surface area contributed by atoms with Gasteiger partial charge in [0.15, 0.2) is 0 Å². The molecule has 1 amide bonds. The highest BCUT2D eigenvalue weighted by molar-refractivity contribution is 6.00. The topological polar surface area (TPSA) is 110 Å². The normalized spacial score (nSPS) is 11.2. The van der Waals surface area contributed by atoms with Gasteiger partial charge in [-0.15, -0.1) is 0 Å². The number of nitrogens with zero attached hydrogens (tertiary/aromatic N) is 2. The van der Waals surface area contributed by atoms with Gasteiger partial charge in [-0.25, -0.2) is 0 Å². The van der Waals surface area contributed by atoms with Crippen LogP contribution in [0.3, 0.4) is 0 Å². The van der Waals surface area contributed by atoms with Gasteiger partial charge in [-0.3, -0.25) is 14.9 Å². The van der Waals surface area contributed by atoms with Crippen molar-refractivity contribution in [1.29, 1.82) is 0 Å². The predicted molar refractivity (Wildman–Crippen MR) is 70.8 cm³/mol. The van der Waals surface area contributed by atoms with Crippen LogP contribution >= 0.6 is 0 Å². The summed E-state index contributed by atoms with van der Waals surface area (Å²) in [7, 11) is 1.48. The van der Waals surface area contributed by atoms with Crippen LogP contribution in [0.4, 0.5) is 11.4 Å². The quantitative estimate of drug-likeness (QED) is 0.481. The summed E-state index contributed by atoms with van der Waals surface area (Å²) in [5.74, 6) is -0.557. The number of likely N-dealkylation sites (N-methyl/N-ethyl adjacent to an activating group) is 1. The van der Waals surface area contributed by atoms with Gasteiger partial charge in [0.05, 0.1) is 17.1 Å². The summed E-state index contributed by atoms with van der Waals surface area (Å²) in [6, 6.07) is 4.20. The SMILES string of the molecule is CN(C(=O)c1cccc(N)c1[N+](=O)[O-])C(C)(C)CO. The van der Waals surface area contributed by atoms with Gasteiger partial charge in [-0.05, 0) is 26.0 Å². The number of hydrogen-bond acceptors (Lipinski definition) is 5. The Morgan fingerprint density at radius 1 is 1.53 bits per heavy atom. The van der Waals surface area contributed by atoms with Crippen LogP contribution in [0, 0.1) is 10.1 Å². The van der Waals surface area contributed by atoms with E-state index in [9.17, 15) is 20.0 Å². The molecule has 104 valence electrons. The van der Waals surface area contributed by atoms with E-state index >= 15 is 0 Å². The van der Waals surface area contributed by atoms with Gasteiger partial charge in [-0.1, -0.05) is 6.07 Å². The molecule has 0 bridgehead atoms. The Labute approximate surface area is 110 Å². The number of benzene rings is 1. The zero-order valence-electron chi connectivity index (χ0n) is 11.1. The second-order valence-corrected chi connectivity index (χ2v) is 4.84. The largest absolute Gasteiger partial charge is 0.394 e. The lowest BCUT2D eigenvalue weighted by Gasteiger charge is -2.33. The van der Waals surface area contributed by atoms with Crippen molar-refractivity contribution in [3.63, 3.8) is 0 Å². The van der Waals surface area contributed by atoms with Gasteiger partial charge < -0.3 is 15.7 Å². The molecule has 0 aliphatic rings. The highest BCUT2D eigenvalue weighted by Crippen LogP contribution is 2.28. The van der Waals surface area contributed by atoms with Gasteiger partial charge >= 0.3 is 5.69 Å². The average molecular weight is 267 g/mol. The Hall–Kier alpha value is -2.15. The van der Waals surface area contributed by atoms with Crippen LogP contribution in [-0.4, -0.2) is 40.0 Å². The minimum atomic E-state index is -0.824. The second-order valence-electron chi connectivity index (χ2n) is 4.84. The first-order valence-corrected chi connectivity index (χ1v) is 5.64. The first-order chi connectivity index (χ1) is 8.72. The Balaban J connectivity index is 3.28. The average Bonchev–Trinajstić information content (AvgIpc) is 2.36. The molecule has 0 saturated carbocycles. The van der Waals surface area contributed by atoms with Gasteiger partial charge in [0.25, 0.3) is 5.91 Å². The van der Waals surface area contributed by atoms with E-state index < -0.39 is 22.1 Å². The van der Waals surface area contributed by atoms with Crippen LogP contribution in [0.2, 0.25) is 0 Å². The fourth-order valence-electron chi connectivity index (χ4n) is 1.50. The number of nitro groups is 1. The number of amides is 1. The molecular formula is C12H17N3O4. The lowest BCUT2D eigenvalue weighted by molar-refractivity contribution is -0.384. The van der Waals surface area contributed by atoms with Crippen molar-refractivity contribution < 1.29 is 14.8 Å². The minimum absolute atomic E-state index is 0.0638. The summed E-state index contributed by atoms with van der Waals surface area (Å²) >= 11 is 0. The molecule has 7 heteroatoms. The van der Waals surface area contributed by atoms with Crippen molar-refractivity contribution in [3.05, 3.63) is 33.9 Å². The summed E-state index contributed by atoms with van der Waals surface area (Å²) in [6.45, 7) is 3.05. The van der Waals surface area contributed by atoms with E-state index in [1.807, 2.05) is 0 Å². The number of nitro benzene ring substituents is 1. The fourth-order valence-corrected chi connectivity index (χ4v) is 1.50. The maximum Gasteiger partial charge on any atom is 0.304 e. The molecule has 1 rings (SSSR count). The van der Waals surface area contributed by atoms with E-state index in [0.717, 1.165) is 0 Å². The standard InChI is InChI=1S/C12H17N3O4/c1-12(2,7-16)14(3)11(17)8-5-4-6-9(13)10(8)15(18)19/h4-6,16H,7,13H2,1-3H3. The molecule has 7 nitrogen and oxygen atoms in total. The van der Waals surface area contributed by atoms with Crippen molar-refractivity contribution in [2.75, 3.05) is 19.4 Å². The lowest BCUT2D eigenvalue weighted by atomic mass is 10.0. The molecule has 0 aliphatic carbocycles. The monoisotopic (exact) mass is 267 g/mol. The lowest BCUT2D eigenvalue weighted by Crippen LogP contribution is -2.47. The molecule has 3 N–H and O–H groups in total. The maximum absolute atomic E-state index is 12.3. The number of carbonyl (C=O) groups is 1. The van der Waals surface area contributed by atoms with Crippen LogP contribution in [0.15, 0.2) is 18.2 Å². The summed E-state index contributed by atoms with van der Waals surface area (Å²) in [5, 5.41) is 20.2. The smallest absolute Gasteiger partial charge is 0.304 e. The molecule has 0 aliphatic heterocycles. The molecule has 0 aromatic heterocycles. The van der Waals surface area contributed by atoms with E-state index in [0.29, 0.717) is 0 Å². The molecule has 0 radical (unpaired) electrons. The Morgan fingerprint density at radius 3 is 2.58 bits per heavy atom. The van der Waals surface area contributed by atoms with Gasteiger partial charge in [0, 0.05) is 7.05 Å². The number of hydrogen-bond donors (Lipinski definition) is 2. The third-order valence-corrected chi connectivity index (χ3v) is 3.08. The molecule has 0 atom stereocenters. The van der Waals surface area contributed by atoms with Crippen molar-refractivity contribution >= 4 is 17.3 Å². The van der Waals surface area contributed by atoms with Crippen LogP contribution < -0.4 is 5.73 Å².